The van der Waals surface area contributed by atoms with E-state index >= 15 is 0 Å². The molecule has 0 aliphatic carbocycles. The van der Waals surface area contributed by atoms with Crippen LogP contribution in [0.4, 0.5) is 11.4 Å². The largest absolute Gasteiger partial charge is 0.466 e. The van der Waals surface area contributed by atoms with E-state index in [1.54, 1.807) is 37.1 Å². The fourth-order valence-electron chi connectivity index (χ4n) is 5.11. The zero-order valence-electron chi connectivity index (χ0n) is 20.7. The van der Waals surface area contributed by atoms with Crippen LogP contribution in [-0.2, 0) is 32.7 Å². The summed E-state index contributed by atoms with van der Waals surface area (Å²) < 4.78 is 10.8. The average Bonchev–Trinajstić information content (AvgIpc) is 3.37. The molecule has 0 radical (unpaired) electrons. The quantitative estimate of drug-likeness (QED) is 0.248. The van der Waals surface area contributed by atoms with Crippen molar-refractivity contribution in [2.45, 2.75) is 32.2 Å². The molecule has 0 saturated carbocycles. The number of aryl methyl sites for hydroxylation is 1. The maximum absolute atomic E-state index is 14.4. The summed E-state index contributed by atoms with van der Waals surface area (Å²) in [6.07, 6.45) is -0.285. The number of ether oxygens (including phenoxy) is 1. The highest BCUT2D eigenvalue weighted by Gasteiger charge is 2.60. The van der Waals surface area contributed by atoms with Gasteiger partial charge in [-0.2, -0.15) is 0 Å². The molecule has 3 aromatic rings. The van der Waals surface area contributed by atoms with E-state index in [4.69, 9.17) is 20.9 Å². The smallest absolute Gasteiger partial charge is 0.334 e. The minimum Gasteiger partial charge on any atom is -0.466 e. The molecule has 1 aliphatic heterocycles. The number of esters is 1. The Labute approximate surface area is 218 Å². The number of nitro groups is 1. The highest BCUT2D eigenvalue weighted by molar-refractivity contribution is 6.33. The third-order valence-electron chi connectivity index (χ3n) is 6.72. The molecular weight excluding hydrogens is 500 g/mol. The third kappa shape index (κ3) is 4.64. The number of nitrogens with one attached hydrogen (secondary N) is 1. The van der Waals surface area contributed by atoms with Gasteiger partial charge in [-0.15, -0.1) is 0 Å². The molecule has 37 heavy (non-hydrogen) atoms. The SMILES string of the molecule is CCOC(=O)C1CN(Cc2ccccc2)C(=O)C1(Cc1onc(C)c1[N+](=O)[O-])c1cccc(Cl)c1NC. The minimum atomic E-state index is -1.61. The molecule has 1 amide bonds. The summed E-state index contributed by atoms with van der Waals surface area (Å²) in [5, 5.41) is 19.0. The van der Waals surface area contributed by atoms with E-state index in [9.17, 15) is 19.7 Å². The first-order valence-electron chi connectivity index (χ1n) is 11.8. The molecule has 1 aliphatic rings. The van der Waals surface area contributed by atoms with Gasteiger partial charge in [0, 0.05) is 26.6 Å². The van der Waals surface area contributed by atoms with Crippen LogP contribution in [0.2, 0.25) is 5.02 Å². The summed E-state index contributed by atoms with van der Waals surface area (Å²) >= 11 is 6.51. The minimum absolute atomic E-state index is 0.0448. The Hall–Kier alpha value is -3.92. The maximum Gasteiger partial charge on any atom is 0.334 e. The van der Waals surface area contributed by atoms with Crippen molar-refractivity contribution in [1.29, 1.82) is 0 Å². The Morgan fingerprint density at radius 1 is 1.30 bits per heavy atom. The van der Waals surface area contributed by atoms with Crippen LogP contribution in [0.15, 0.2) is 53.1 Å². The molecular formula is C26H27ClN4O6. The summed E-state index contributed by atoms with van der Waals surface area (Å²) in [5.74, 6) is -2.09. The predicted molar refractivity (Wildman–Crippen MR) is 136 cm³/mol. The van der Waals surface area contributed by atoms with Crippen LogP contribution in [0, 0.1) is 23.0 Å². The second kappa shape index (κ2) is 10.6. The number of carbonyl (C=O) groups is 2. The van der Waals surface area contributed by atoms with Crippen LogP contribution >= 0.6 is 11.6 Å². The third-order valence-corrected chi connectivity index (χ3v) is 7.03. The Morgan fingerprint density at radius 2 is 2.03 bits per heavy atom. The average molecular weight is 527 g/mol. The Kier molecular flexibility index (Phi) is 7.49. The van der Waals surface area contributed by atoms with Gasteiger partial charge in [0.05, 0.1) is 33.6 Å². The summed E-state index contributed by atoms with van der Waals surface area (Å²) in [6, 6.07) is 14.4. The second-order valence-corrected chi connectivity index (χ2v) is 9.24. The molecule has 10 nitrogen and oxygen atoms in total. The molecule has 2 unspecified atom stereocenters. The highest BCUT2D eigenvalue weighted by Crippen LogP contribution is 2.49. The number of amides is 1. The van der Waals surface area contributed by atoms with Crippen LogP contribution < -0.4 is 5.32 Å². The monoisotopic (exact) mass is 526 g/mol. The van der Waals surface area contributed by atoms with Crippen molar-refractivity contribution in [3.63, 3.8) is 0 Å². The number of nitrogens with zero attached hydrogens (tertiary/aromatic N) is 3. The number of carbonyl (C=O) groups excluding carboxylic acids is 2. The first-order valence-corrected chi connectivity index (χ1v) is 12.2. The van der Waals surface area contributed by atoms with Gasteiger partial charge in [-0.3, -0.25) is 19.7 Å². The zero-order valence-corrected chi connectivity index (χ0v) is 21.4. The highest BCUT2D eigenvalue weighted by atomic mass is 35.5. The van der Waals surface area contributed by atoms with Gasteiger partial charge in [0.15, 0.2) is 5.69 Å². The number of benzene rings is 2. The lowest BCUT2D eigenvalue weighted by molar-refractivity contribution is -0.386. The lowest BCUT2D eigenvalue weighted by Crippen LogP contribution is -2.46. The van der Waals surface area contributed by atoms with E-state index < -0.39 is 28.1 Å². The molecule has 1 aromatic heterocycles. The normalized spacial score (nSPS) is 19.2. The van der Waals surface area contributed by atoms with Gasteiger partial charge in [-0.25, -0.2) is 0 Å². The van der Waals surface area contributed by atoms with Crippen LogP contribution in [0.5, 0.6) is 0 Å². The molecule has 1 N–H and O–H groups in total. The molecule has 2 atom stereocenters. The van der Waals surface area contributed by atoms with Crippen molar-refractivity contribution in [2.75, 3.05) is 25.5 Å². The first-order chi connectivity index (χ1) is 17.7. The number of hydrogen-bond donors (Lipinski definition) is 1. The van der Waals surface area contributed by atoms with Gasteiger partial charge in [0.1, 0.15) is 0 Å². The molecule has 194 valence electrons. The molecule has 2 heterocycles. The van der Waals surface area contributed by atoms with Crippen molar-refractivity contribution in [3.05, 3.63) is 86.2 Å². The summed E-state index contributed by atoms with van der Waals surface area (Å²) in [4.78, 5) is 40.8. The predicted octanol–water partition coefficient (Wildman–Crippen LogP) is 4.29. The molecule has 11 heteroatoms. The van der Waals surface area contributed by atoms with Crippen LogP contribution in [0.25, 0.3) is 0 Å². The molecule has 1 fully saturated rings. The van der Waals surface area contributed by atoms with Gasteiger partial charge in [0.2, 0.25) is 11.7 Å². The molecule has 0 spiro atoms. The van der Waals surface area contributed by atoms with E-state index in [1.807, 2.05) is 30.3 Å². The maximum atomic E-state index is 14.4. The number of likely N-dealkylation sites (tertiary alicyclic amines) is 1. The number of para-hydroxylation sites is 1. The van der Waals surface area contributed by atoms with Gasteiger partial charge in [0.25, 0.3) is 0 Å². The van der Waals surface area contributed by atoms with Crippen LogP contribution in [-0.4, -0.2) is 47.1 Å². The summed E-state index contributed by atoms with van der Waals surface area (Å²) in [7, 11) is 1.65. The Bertz CT molecular complexity index is 1330. The van der Waals surface area contributed by atoms with Crippen molar-refractivity contribution in [2.24, 2.45) is 5.92 Å². The topological polar surface area (TPSA) is 128 Å². The lowest BCUT2D eigenvalue weighted by Gasteiger charge is -2.33. The number of halogens is 1. The summed E-state index contributed by atoms with van der Waals surface area (Å²) in [6.45, 7) is 3.53. The van der Waals surface area contributed by atoms with Gasteiger partial charge in [-0.1, -0.05) is 59.2 Å². The van der Waals surface area contributed by atoms with Crippen molar-refractivity contribution >= 4 is 34.9 Å². The Balaban J connectivity index is 1.96. The van der Waals surface area contributed by atoms with Crippen LogP contribution in [0.1, 0.15) is 29.5 Å². The number of anilines is 1. The second-order valence-electron chi connectivity index (χ2n) is 8.83. The van der Waals surface area contributed by atoms with Gasteiger partial charge >= 0.3 is 11.7 Å². The Morgan fingerprint density at radius 3 is 2.68 bits per heavy atom. The first kappa shape index (κ1) is 26.2. The van der Waals surface area contributed by atoms with E-state index in [-0.39, 0.29) is 43.3 Å². The molecule has 1 saturated heterocycles. The van der Waals surface area contributed by atoms with Gasteiger partial charge < -0.3 is 19.5 Å². The van der Waals surface area contributed by atoms with Crippen molar-refractivity contribution in [1.82, 2.24) is 10.1 Å². The van der Waals surface area contributed by atoms with Crippen LogP contribution in [0.3, 0.4) is 0 Å². The molecule has 0 bridgehead atoms. The fourth-order valence-corrected chi connectivity index (χ4v) is 5.38. The standard InChI is InChI=1S/C26H27ClN4O6/c1-4-36-24(32)19-15-30(14-17-9-6-5-7-10-17)25(33)26(19,18-11-8-12-20(27)22(18)28-3)13-21-23(31(34)35)16(2)29-37-21/h5-12,19,28H,4,13-15H2,1-3H3. The number of aromatic nitrogens is 1. The molecule has 2 aromatic carbocycles. The van der Waals surface area contributed by atoms with Gasteiger partial charge in [-0.05, 0) is 31.0 Å². The van der Waals surface area contributed by atoms with E-state index in [1.165, 1.54) is 6.92 Å². The van der Waals surface area contributed by atoms with E-state index in [0.717, 1.165) is 5.56 Å². The lowest BCUT2D eigenvalue weighted by atomic mass is 9.68. The molecule has 4 rings (SSSR count). The van der Waals surface area contributed by atoms with E-state index in [0.29, 0.717) is 16.3 Å². The number of hydrogen-bond acceptors (Lipinski definition) is 8. The van der Waals surface area contributed by atoms with Crippen molar-refractivity contribution < 1.29 is 23.8 Å². The fraction of sp³-hybridized carbons (Fsp3) is 0.346. The van der Waals surface area contributed by atoms with Crippen molar-refractivity contribution in [3.8, 4) is 0 Å². The zero-order chi connectivity index (χ0) is 26.7. The van der Waals surface area contributed by atoms with E-state index in [2.05, 4.69) is 10.5 Å². The summed E-state index contributed by atoms with van der Waals surface area (Å²) in [5.41, 5.74) is -0.132. The number of rotatable bonds is 9.